The summed E-state index contributed by atoms with van der Waals surface area (Å²) in [5, 5.41) is 0. The van der Waals surface area contributed by atoms with Crippen LogP contribution >= 0.6 is 0 Å². The lowest BCUT2D eigenvalue weighted by atomic mass is 10.2. The fourth-order valence-corrected chi connectivity index (χ4v) is 2.07. The molecule has 1 aliphatic rings. The highest BCUT2D eigenvalue weighted by Crippen LogP contribution is 2.34. The molecule has 5 nitrogen and oxygen atoms in total. The average molecular weight is 283 g/mol. The van der Waals surface area contributed by atoms with Gasteiger partial charge in [0, 0.05) is 6.08 Å². The number of ether oxygens (including phenoxy) is 2. The van der Waals surface area contributed by atoms with Gasteiger partial charge in [-0.05, 0) is 34.1 Å². The van der Waals surface area contributed by atoms with Crippen molar-refractivity contribution in [3.8, 4) is 0 Å². The number of carbonyl (C=O) groups excluding carboxylic acids is 2. The van der Waals surface area contributed by atoms with E-state index in [1.54, 1.807) is 17.9 Å². The van der Waals surface area contributed by atoms with Gasteiger partial charge in [-0.1, -0.05) is 19.4 Å². The predicted octanol–water partition coefficient (Wildman–Crippen LogP) is 2.89. The van der Waals surface area contributed by atoms with Crippen LogP contribution in [0, 0.1) is 0 Å². The molecule has 0 bridgehead atoms. The van der Waals surface area contributed by atoms with Crippen molar-refractivity contribution in [2.75, 3.05) is 6.61 Å². The number of carbonyl (C=O) groups is 2. The van der Waals surface area contributed by atoms with Crippen LogP contribution in [0.2, 0.25) is 0 Å². The van der Waals surface area contributed by atoms with Gasteiger partial charge in [0.15, 0.2) is 0 Å². The van der Waals surface area contributed by atoms with Crippen molar-refractivity contribution >= 4 is 12.1 Å². The first-order valence-electron chi connectivity index (χ1n) is 7.16. The van der Waals surface area contributed by atoms with Crippen molar-refractivity contribution in [1.29, 1.82) is 0 Å². The largest absolute Gasteiger partial charge is 0.463 e. The Morgan fingerprint density at radius 2 is 1.90 bits per heavy atom. The highest BCUT2D eigenvalue weighted by atomic mass is 16.6. The third-order valence-electron chi connectivity index (χ3n) is 2.89. The molecular weight excluding hydrogens is 258 g/mol. The van der Waals surface area contributed by atoms with Crippen LogP contribution in [0.25, 0.3) is 0 Å². The summed E-state index contributed by atoms with van der Waals surface area (Å²) >= 11 is 0. The molecule has 114 valence electrons. The van der Waals surface area contributed by atoms with Gasteiger partial charge in [0.25, 0.3) is 0 Å². The van der Waals surface area contributed by atoms with E-state index >= 15 is 0 Å². The van der Waals surface area contributed by atoms with E-state index < -0.39 is 5.60 Å². The summed E-state index contributed by atoms with van der Waals surface area (Å²) in [6, 6.07) is 0.0646. The SMILES string of the molecule is CCC[C@H]1[C@H](/C=C/C(=O)OCC)N1C(=O)OC(C)(C)C. The van der Waals surface area contributed by atoms with Crippen molar-refractivity contribution in [3.63, 3.8) is 0 Å². The van der Waals surface area contributed by atoms with Gasteiger partial charge in [0.1, 0.15) is 5.60 Å². The van der Waals surface area contributed by atoms with Crippen molar-refractivity contribution < 1.29 is 19.1 Å². The Labute approximate surface area is 120 Å². The van der Waals surface area contributed by atoms with Gasteiger partial charge in [-0.15, -0.1) is 0 Å². The summed E-state index contributed by atoms with van der Waals surface area (Å²) in [5.74, 6) is -0.376. The second kappa shape index (κ2) is 6.77. The van der Waals surface area contributed by atoms with Crippen molar-refractivity contribution in [2.45, 2.75) is 65.1 Å². The lowest BCUT2D eigenvalue weighted by Gasteiger charge is -2.20. The van der Waals surface area contributed by atoms with Crippen molar-refractivity contribution in [3.05, 3.63) is 12.2 Å². The number of amides is 1. The summed E-state index contributed by atoms with van der Waals surface area (Å²) in [7, 11) is 0. The Morgan fingerprint density at radius 1 is 1.25 bits per heavy atom. The van der Waals surface area contributed by atoms with Gasteiger partial charge in [-0.3, -0.25) is 4.90 Å². The second-order valence-electron chi connectivity index (χ2n) is 5.85. The first-order valence-corrected chi connectivity index (χ1v) is 7.16. The third kappa shape index (κ3) is 4.87. The molecule has 1 fully saturated rings. The van der Waals surface area contributed by atoms with Gasteiger partial charge in [-0.25, -0.2) is 9.59 Å². The molecule has 0 radical (unpaired) electrons. The fourth-order valence-electron chi connectivity index (χ4n) is 2.07. The van der Waals surface area contributed by atoms with Gasteiger partial charge < -0.3 is 9.47 Å². The minimum absolute atomic E-state index is 0.0609. The molecule has 1 amide bonds. The van der Waals surface area contributed by atoms with E-state index in [0.717, 1.165) is 12.8 Å². The van der Waals surface area contributed by atoms with Crippen molar-refractivity contribution in [2.24, 2.45) is 0 Å². The molecule has 0 aromatic heterocycles. The Morgan fingerprint density at radius 3 is 2.40 bits per heavy atom. The topological polar surface area (TPSA) is 55.6 Å². The zero-order valence-electron chi connectivity index (χ0n) is 13.0. The Hall–Kier alpha value is -1.52. The van der Waals surface area contributed by atoms with E-state index in [4.69, 9.17) is 9.47 Å². The molecule has 1 rings (SSSR count). The lowest BCUT2D eigenvalue weighted by Crippen LogP contribution is -2.28. The van der Waals surface area contributed by atoms with Crippen LogP contribution in [0.5, 0.6) is 0 Å². The Kier molecular flexibility index (Phi) is 5.60. The zero-order valence-corrected chi connectivity index (χ0v) is 13.0. The van der Waals surface area contributed by atoms with E-state index in [1.807, 2.05) is 20.8 Å². The number of hydrogen-bond donors (Lipinski definition) is 0. The van der Waals surface area contributed by atoms with E-state index in [-0.39, 0.29) is 24.1 Å². The minimum atomic E-state index is -0.508. The van der Waals surface area contributed by atoms with Gasteiger partial charge in [0.2, 0.25) is 0 Å². The summed E-state index contributed by atoms with van der Waals surface area (Å²) < 4.78 is 10.2. The summed E-state index contributed by atoms with van der Waals surface area (Å²) in [5.41, 5.74) is -0.508. The summed E-state index contributed by atoms with van der Waals surface area (Å²) in [6.45, 7) is 9.70. The van der Waals surface area contributed by atoms with Gasteiger partial charge in [-0.2, -0.15) is 0 Å². The maximum atomic E-state index is 12.0. The lowest BCUT2D eigenvalue weighted by molar-refractivity contribution is -0.137. The molecule has 1 heterocycles. The standard InChI is InChI=1S/C15H25NO4/c1-6-8-11-12(9-10-13(17)19-7-2)16(11)14(18)20-15(3,4)5/h9-12H,6-8H2,1-5H3/b10-9+/t11-,12-,16?/m0/s1. The van der Waals surface area contributed by atoms with Crippen LogP contribution in [-0.4, -0.2) is 41.3 Å². The van der Waals surface area contributed by atoms with E-state index in [9.17, 15) is 9.59 Å². The monoisotopic (exact) mass is 283 g/mol. The molecule has 0 saturated carbocycles. The molecule has 0 unspecified atom stereocenters. The predicted molar refractivity (Wildman–Crippen MR) is 76.3 cm³/mol. The second-order valence-corrected chi connectivity index (χ2v) is 5.85. The molecule has 0 aliphatic carbocycles. The van der Waals surface area contributed by atoms with Crippen LogP contribution in [0.1, 0.15) is 47.5 Å². The minimum Gasteiger partial charge on any atom is -0.463 e. The van der Waals surface area contributed by atoms with Crippen LogP contribution in [-0.2, 0) is 14.3 Å². The maximum Gasteiger partial charge on any atom is 0.411 e. The van der Waals surface area contributed by atoms with E-state index in [1.165, 1.54) is 6.08 Å². The van der Waals surface area contributed by atoms with Gasteiger partial charge >= 0.3 is 12.1 Å². The zero-order chi connectivity index (χ0) is 15.3. The smallest absolute Gasteiger partial charge is 0.411 e. The molecule has 1 aliphatic heterocycles. The molecule has 0 aromatic rings. The maximum absolute atomic E-state index is 12.0. The van der Waals surface area contributed by atoms with Crippen LogP contribution in [0.15, 0.2) is 12.2 Å². The molecule has 20 heavy (non-hydrogen) atoms. The number of nitrogens with zero attached hydrogens (tertiary/aromatic N) is 1. The average Bonchev–Trinajstić information content (AvgIpc) is 2.98. The van der Waals surface area contributed by atoms with Crippen LogP contribution < -0.4 is 0 Å². The Balaban J connectivity index is 2.61. The molecule has 0 aromatic carbocycles. The normalized spacial score (nSPS) is 21.9. The quantitative estimate of drug-likeness (QED) is 0.442. The van der Waals surface area contributed by atoms with Crippen LogP contribution in [0.3, 0.4) is 0 Å². The van der Waals surface area contributed by atoms with Crippen LogP contribution in [0.4, 0.5) is 4.79 Å². The number of rotatable bonds is 5. The fraction of sp³-hybridized carbons (Fsp3) is 0.733. The van der Waals surface area contributed by atoms with Crippen molar-refractivity contribution in [1.82, 2.24) is 4.90 Å². The highest BCUT2D eigenvalue weighted by Gasteiger charge is 2.50. The molecule has 0 N–H and O–H groups in total. The molecule has 1 saturated heterocycles. The van der Waals surface area contributed by atoms with Gasteiger partial charge in [0.05, 0.1) is 18.7 Å². The Bertz CT molecular complexity index is 384. The van der Waals surface area contributed by atoms with E-state index in [0.29, 0.717) is 6.61 Å². The summed E-state index contributed by atoms with van der Waals surface area (Å²) in [6.07, 6.45) is 4.67. The number of hydrogen-bond acceptors (Lipinski definition) is 4. The summed E-state index contributed by atoms with van der Waals surface area (Å²) in [4.78, 5) is 25.0. The third-order valence-corrected chi connectivity index (χ3v) is 2.89. The first-order chi connectivity index (χ1) is 9.30. The number of esters is 1. The highest BCUT2D eigenvalue weighted by molar-refractivity contribution is 5.82. The molecule has 2 atom stereocenters. The molecular formula is C15H25NO4. The van der Waals surface area contributed by atoms with E-state index in [2.05, 4.69) is 6.92 Å². The molecule has 5 heteroatoms. The first kappa shape index (κ1) is 16.5. The molecule has 0 spiro atoms.